The van der Waals surface area contributed by atoms with E-state index in [1.165, 1.54) is 5.69 Å². The number of aromatic hydroxyl groups is 1. The van der Waals surface area contributed by atoms with Gasteiger partial charge in [-0.3, -0.25) is 9.69 Å². The van der Waals surface area contributed by atoms with Crippen molar-refractivity contribution in [1.82, 2.24) is 9.47 Å². The predicted molar refractivity (Wildman–Crippen MR) is 104 cm³/mol. The second kappa shape index (κ2) is 6.64. The summed E-state index contributed by atoms with van der Waals surface area (Å²) in [5, 5.41) is 10.0. The van der Waals surface area contributed by atoms with Gasteiger partial charge >= 0.3 is 0 Å². The van der Waals surface area contributed by atoms with Crippen LogP contribution in [0.25, 0.3) is 0 Å². The number of hydrogen-bond donors (Lipinski definition) is 1. The molecule has 0 spiro atoms. The second-order valence-corrected chi connectivity index (χ2v) is 8.18. The molecule has 2 aromatic rings. The summed E-state index contributed by atoms with van der Waals surface area (Å²) in [6.07, 6.45) is 1.16. The van der Waals surface area contributed by atoms with Crippen molar-refractivity contribution in [2.45, 2.75) is 25.4 Å². The van der Waals surface area contributed by atoms with Crippen molar-refractivity contribution in [1.29, 1.82) is 0 Å². The fraction of sp³-hybridized carbons (Fsp3) is 0.421. The van der Waals surface area contributed by atoms with Gasteiger partial charge in [0.2, 0.25) is 0 Å². The Morgan fingerprint density at radius 2 is 2.12 bits per heavy atom. The lowest BCUT2D eigenvalue weighted by molar-refractivity contribution is 0.114. The molecule has 1 aromatic heterocycles. The van der Waals surface area contributed by atoms with E-state index in [1.807, 2.05) is 22.8 Å². The molecule has 5 nitrogen and oxygen atoms in total. The lowest BCUT2D eigenvalue weighted by Crippen LogP contribution is -2.46. The molecule has 2 bridgehead atoms. The number of hydrogen-bond acceptors (Lipinski definition) is 4. The molecule has 1 aromatic carbocycles. The molecule has 1 N–H and O–H groups in total. The minimum atomic E-state index is 0.124. The first-order valence-corrected chi connectivity index (χ1v) is 9.60. The van der Waals surface area contributed by atoms with E-state index in [0.29, 0.717) is 17.6 Å². The first-order valence-electron chi connectivity index (χ1n) is 8.52. The number of rotatable bonds is 3. The number of benzene rings is 1. The van der Waals surface area contributed by atoms with Gasteiger partial charge in [-0.2, -0.15) is 0 Å². The Morgan fingerprint density at radius 3 is 2.92 bits per heavy atom. The third kappa shape index (κ3) is 3.17. The van der Waals surface area contributed by atoms with Crippen molar-refractivity contribution in [2.24, 2.45) is 5.92 Å². The van der Waals surface area contributed by atoms with Gasteiger partial charge in [0.1, 0.15) is 0 Å². The Balaban J connectivity index is 1.57. The summed E-state index contributed by atoms with van der Waals surface area (Å²) in [5.74, 6) is 1.66. The third-order valence-corrected chi connectivity index (χ3v) is 6.09. The van der Waals surface area contributed by atoms with E-state index in [4.69, 9.17) is 4.74 Å². The molecule has 0 amide bonds. The Bertz CT molecular complexity index is 864. The van der Waals surface area contributed by atoms with Gasteiger partial charge < -0.3 is 14.4 Å². The lowest BCUT2D eigenvalue weighted by Gasteiger charge is -2.42. The fourth-order valence-corrected chi connectivity index (χ4v) is 4.92. The first kappa shape index (κ1) is 16.9. The molecule has 2 atom stereocenters. The molecular formula is C19H21IN2O3. The highest BCUT2D eigenvalue weighted by atomic mass is 127. The number of pyridine rings is 1. The smallest absolute Gasteiger partial charge is 0.250 e. The fourth-order valence-electron chi connectivity index (χ4n) is 4.26. The van der Waals surface area contributed by atoms with Crippen LogP contribution in [0.3, 0.4) is 0 Å². The number of phenolic OH excluding ortho intramolecular Hbond substituents is 1. The monoisotopic (exact) mass is 452 g/mol. The molecule has 132 valence electrons. The van der Waals surface area contributed by atoms with Crippen LogP contribution in [0.4, 0.5) is 0 Å². The SMILES string of the molecule is COc1cc(CN2C[C@H]3C[C@H](C2)c2cccc(=O)n2C3)cc(I)c1O. The van der Waals surface area contributed by atoms with E-state index >= 15 is 0 Å². The van der Waals surface area contributed by atoms with E-state index < -0.39 is 0 Å². The van der Waals surface area contributed by atoms with Crippen LogP contribution in [0, 0.1) is 9.49 Å². The molecular weight excluding hydrogens is 431 g/mol. The minimum Gasteiger partial charge on any atom is -0.504 e. The van der Waals surface area contributed by atoms with E-state index in [-0.39, 0.29) is 11.3 Å². The Kier molecular flexibility index (Phi) is 4.49. The number of halogens is 1. The number of likely N-dealkylation sites (tertiary alicyclic amines) is 1. The van der Waals surface area contributed by atoms with Crippen LogP contribution in [0.1, 0.15) is 23.6 Å². The maximum atomic E-state index is 12.1. The van der Waals surface area contributed by atoms with Crippen molar-refractivity contribution in [3.05, 3.63) is 55.5 Å². The van der Waals surface area contributed by atoms with Gasteiger partial charge in [-0.1, -0.05) is 6.07 Å². The number of nitrogens with zero attached hydrogens (tertiary/aromatic N) is 2. The summed E-state index contributed by atoms with van der Waals surface area (Å²) in [4.78, 5) is 14.6. The number of ether oxygens (including phenoxy) is 1. The van der Waals surface area contributed by atoms with Crippen molar-refractivity contribution in [3.8, 4) is 11.5 Å². The molecule has 0 aliphatic carbocycles. The molecule has 2 aliphatic rings. The Morgan fingerprint density at radius 1 is 1.28 bits per heavy atom. The van der Waals surface area contributed by atoms with Gasteiger partial charge in [-0.05, 0) is 58.7 Å². The average Bonchev–Trinajstić information content (AvgIpc) is 2.59. The summed E-state index contributed by atoms with van der Waals surface area (Å²) in [5.41, 5.74) is 2.44. The van der Waals surface area contributed by atoms with Gasteiger partial charge in [-0.25, -0.2) is 0 Å². The van der Waals surface area contributed by atoms with E-state index in [9.17, 15) is 9.90 Å². The average molecular weight is 452 g/mol. The minimum absolute atomic E-state index is 0.124. The Labute approximate surface area is 160 Å². The molecule has 2 aliphatic heterocycles. The van der Waals surface area contributed by atoms with Crippen LogP contribution in [0.15, 0.2) is 35.1 Å². The third-order valence-electron chi connectivity index (χ3n) is 5.27. The van der Waals surface area contributed by atoms with Crippen molar-refractivity contribution in [3.63, 3.8) is 0 Å². The maximum Gasteiger partial charge on any atom is 0.250 e. The van der Waals surface area contributed by atoms with Crippen LogP contribution >= 0.6 is 22.6 Å². The van der Waals surface area contributed by atoms with Crippen LogP contribution in [-0.4, -0.2) is 34.8 Å². The summed E-state index contributed by atoms with van der Waals surface area (Å²) in [6, 6.07) is 9.56. The standard InChI is InChI=1S/C19H21IN2O3/c1-25-17-7-12(6-15(20)19(17)24)8-21-9-13-5-14(11-21)16-3-2-4-18(23)22(16)10-13/h2-4,6-7,13-14,24H,5,8-11H2,1H3/t13-,14-/m1/s1. The molecule has 3 heterocycles. The van der Waals surface area contributed by atoms with Crippen LogP contribution in [-0.2, 0) is 13.1 Å². The first-order chi connectivity index (χ1) is 12.0. The zero-order valence-electron chi connectivity index (χ0n) is 14.1. The topological polar surface area (TPSA) is 54.7 Å². The highest BCUT2D eigenvalue weighted by molar-refractivity contribution is 14.1. The van der Waals surface area contributed by atoms with Gasteiger partial charge in [0.15, 0.2) is 11.5 Å². The summed E-state index contributed by atoms with van der Waals surface area (Å²) in [6.45, 7) is 3.60. The maximum absolute atomic E-state index is 12.1. The zero-order chi connectivity index (χ0) is 17.6. The summed E-state index contributed by atoms with van der Waals surface area (Å²) < 4.78 is 8.05. The number of fused-ring (bicyclic) bond motifs is 4. The van der Waals surface area contributed by atoms with E-state index in [0.717, 1.165) is 41.7 Å². The molecule has 4 rings (SSSR count). The largest absolute Gasteiger partial charge is 0.504 e. The van der Waals surface area contributed by atoms with E-state index in [2.05, 4.69) is 33.6 Å². The van der Waals surface area contributed by atoms with Gasteiger partial charge in [0, 0.05) is 43.9 Å². The van der Waals surface area contributed by atoms with Crippen molar-refractivity contribution >= 4 is 22.6 Å². The second-order valence-electron chi connectivity index (χ2n) is 7.02. The molecule has 1 fully saturated rings. The van der Waals surface area contributed by atoms with Gasteiger partial charge in [-0.15, -0.1) is 0 Å². The number of methoxy groups -OCH3 is 1. The normalized spacial score (nSPS) is 22.5. The van der Waals surface area contributed by atoms with Gasteiger partial charge in [0.25, 0.3) is 5.56 Å². The molecule has 0 saturated carbocycles. The van der Waals surface area contributed by atoms with Crippen molar-refractivity contribution in [2.75, 3.05) is 20.2 Å². The van der Waals surface area contributed by atoms with Crippen LogP contribution in [0.2, 0.25) is 0 Å². The highest BCUT2D eigenvalue weighted by Crippen LogP contribution is 2.37. The molecule has 0 radical (unpaired) electrons. The highest BCUT2D eigenvalue weighted by Gasteiger charge is 2.34. The number of piperidine rings is 1. The molecule has 25 heavy (non-hydrogen) atoms. The predicted octanol–water partition coefficient (Wildman–Crippen LogP) is 2.79. The van der Waals surface area contributed by atoms with Crippen molar-refractivity contribution < 1.29 is 9.84 Å². The van der Waals surface area contributed by atoms with Crippen LogP contribution in [0.5, 0.6) is 11.5 Å². The zero-order valence-corrected chi connectivity index (χ0v) is 16.3. The lowest BCUT2D eigenvalue weighted by atomic mass is 9.83. The number of aromatic nitrogens is 1. The molecule has 1 saturated heterocycles. The summed E-state index contributed by atoms with van der Waals surface area (Å²) in [7, 11) is 1.58. The molecule has 0 unspecified atom stereocenters. The van der Waals surface area contributed by atoms with E-state index in [1.54, 1.807) is 13.2 Å². The summed E-state index contributed by atoms with van der Waals surface area (Å²) >= 11 is 2.14. The van der Waals surface area contributed by atoms with Crippen LogP contribution < -0.4 is 10.3 Å². The molecule has 6 heteroatoms. The van der Waals surface area contributed by atoms with Gasteiger partial charge in [0.05, 0.1) is 10.7 Å². The quantitative estimate of drug-likeness (QED) is 0.729. The number of phenols is 1. The Hall–Kier alpha value is -1.54.